The van der Waals surface area contributed by atoms with Crippen molar-refractivity contribution in [1.29, 1.82) is 0 Å². The molecule has 8 nitrogen and oxygen atoms in total. The van der Waals surface area contributed by atoms with Gasteiger partial charge in [0.05, 0.1) is 20.1 Å². The lowest BCUT2D eigenvalue weighted by Gasteiger charge is -2.18. The van der Waals surface area contributed by atoms with Crippen LogP contribution in [0.5, 0.6) is 11.5 Å². The van der Waals surface area contributed by atoms with Gasteiger partial charge < -0.3 is 25.0 Å². The molecular weight excluding hydrogens is 398 g/mol. The Morgan fingerprint density at radius 2 is 1.61 bits per heavy atom. The van der Waals surface area contributed by atoms with Crippen LogP contribution in [0.25, 0.3) is 0 Å². The van der Waals surface area contributed by atoms with Crippen molar-refractivity contribution in [3.05, 3.63) is 54.1 Å². The molecule has 1 unspecified atom stereocenters. The fourth-order valence-corrected chi connectivity index (χ4v) is 3.38. The topological polar surface area (TPSA) is 97.0 Å². The molecular formula is C23H27N3O5. The van der Waals surface area contributed by atoms with Gasteiger partial charge in [-0.05, 0) is 48.9 Å². The van der Waals surface area contributed by atoms with Crippen molar-refractivity contribution in [2.24, 2.45) is 5.92 Å². The molecule has 31 heavy (non-hydrogen) atoms. The van der Waals surface area contributed by atoms with E-state index in [9.17, 15) is 14.4 Å². The third-order valence-corrected chi connectivity index (χ3v) is 5.26. The molecule has 1 fully saturated rings. The molecule has 8 heteroatoms. The van der Waals surface area contributed by atoms with E-state index in [1.807, 2.05) is 24.3 Å². The highest BCUT2D eigenvalue weighted by Gasteiger charge is 2.36. The molecule has 0 saturated carbocycles. The number of methoxy groups -OCH3 is 2. The predicted octanol–water partition coefficient (Wildman–Crippen LogP) is 1.88. The van der Waals surface area contributed by atoms with Crippen LogP contribution >= 0.6 is 0 Å². The lowest BCUT2D eigenvalue weighted by Crippen LogP contribution is -2.46. The first-order chi connectivity index (χ1) is 14.9. The number of nitrogens with zero attached hydrogens (tertiary/aromatic N) is 1. The van der Waals surface area contributed by atoms with Gasteiger partial charge in [-0.25, -0.2) is 0 Å². The summed E-state index contributed by atoms with van der Waals surface area (Å²) in [5.41, 5.74) is 1.63. The van der Waals surface area contributed by atoms with Crippen molar-refractivity contribution in [1.82, 2.24) is 10.6 Å². The molecule has 1 aliphatic heterocycles. The summed E-state index contributed by atoms with van der Waals surface area (Å²) in [7, 11) is 3.17. The molecule has 2 atom stereocenters. The highest BCUT2D eigenvalue weighted by atomic mass is 16.5. The highest BCUT2D eigenvalue weighted by molar-refractivity contribution is 6.01. The molecule has 0 spiro atoms. The Kier molecular flexibility index (Phi) is 7.12. The Morgan fingerprint density at radius 1 is 1.03 bits per heavy atom. The maximum Gasteiger partial charge on any atom is 0.242 e. The summed E-state index contributed by atoms with van der Waals surface area (Å²) in [6.07, 6.45) is 0.109. The third kappa shape index (κ3) is 5.53. The molecule has 2 aromatic rings. The van der Waals surface area contributed by atoms with E-state index in [-0.39, 0.29) is 30.7 Å². The lowest BCUT2D eigenvalue weighted by atomic mass is 10.1. The number of hydrogen-bond donors (Lipinski definition) is 2. The van der Waals surface area contributed by atoms with Gasteiger partial charge in [-0.1, -0.05) is 12.1 Å². The first-order valence-corrected chi connectivity index (χ1v) is 10.1. The van der Waals surface area contributed by atoms with Gasteiger partial charge in [0.1, 0.15) is 17.5 Å². The van der Waals surface area contributed by atoms with Crippen molar-refractivity contribution in [2.45, 2.75) is 25.9 Å². The maximum absolute atomic E-state index is 12.6. The normalized spacial score (nSPS) is 16.5. The summed E-state index contributed by atoms with van der Waals surface area (Å²) in [4.78, 5) is 39.0. The second-order valence-electron chi connectivity index (χ2n) is 7.40. The second-order valence-corrected chi connectivity index (χ2v) is 7.40. The molecule has 2 N–H and O–H groups in total. The first kappa shape index (κ1) is 22.1. The van der Waals surface area contributed by atoms with Gasteiger partial charge in [-0.2, -0.15) is 0 Å². The van der Waals surface area contributed by atoms with Crippen LogP contribution < -0.4 is 25.0 Å². The van der Waals surface area contributed by atoms with Gasteiger partial charge in [0.15, 0.2) is 0 Å². The molecule has 2 aromatic carbocycles. The number of anilines is 1. The van der Waals surface area contributed by atoms with E-state index in [0.29, 0.717) is 18.0 Å². The summed E-state index contributed by atoms with van der Waals surface area (Å²) < 4.78 is 10.2. The van der Waals surface area contributed by atoms with Gasteiger partial charge >= 0.3 is 0 Å². The monoisotopic (exact) mass is 425 g/mol. The molecule has 0 bridgehead atoms. The minimum atomic E-state index is -0.712. The zero-order valence-corrected chi connectivity index (χ0v) is 17.9. The maximum atomic E-state index is 12.6. The molecule has 3 amide bonds. The van der Waals surface area contributed by atoms with Crippen molar-refractivity contribution >= 4 is 23.4 Å². The average Bonchev–Trinajstić information content (AvgIpc) is 3.19. The quantitative estimate of drug-likeness (QED) is 0.673. The van der Waals surface area contributed by atoms with Crippen LogP contribution in [0.4, 0.5) is 5.69 Å². The van der Waals surface area contributed by atoms with Crippen molar-refractivity contribution in [3.8, 4) is 11.5 Å². The Bertz CT molecular complexity index is 927. The smallest absolute Gasteiger partial charge is 0.242 e. The van der Waals surface area contributed by atoms with Gasteiger partial charge in [-0.3, -0.25) is 14.4 Å². The van der Waals surface area contributed by atoms with Crippen LogP contribution in [0, 0.1) is 5.92 Å². The first-order valence-electron chi connectivity index (χ1n) is 10.1. The SMILES string of the molecule is COc1ccc(CNC(=O)[C@H](C)NC(=O)C2CC(=O)N(c3ccc(OC)cc3)C2)cc1. The van der Waals surface area contributed by atoms with Crippen LogP contribution in [-0.2, 0) is 20.9 Å². The van der Waals surface area contributed by atoms with E-state index < -0.39 is 12.0 Å². The molecule has 1 heterocycles. The largest absolute Gasteiger partial charge is 0.497 e. The van der Waals surface area contributed by atoms with Crippen molar-refractivity contribution in [2.75, 3.05) is 25.7 Å². The zero-order chi connectivity index (χ0) is 22.4. The minimum Gasteiger partial charge on any atom is -0.497 e. The molecule has 1 aliphatic rings. The average molecular weight is 425 g/mol. The van der Waals surface area contributed by atoms with Gasteiger partial charge in [0, 0.05) is 25.2 Å². The zero-order valence-electron chi connectivity index (χ0n) is 17.9. The highest BCUT2D eigenvalue weighted by Crippen LogP contribution is 2.27. The lowest BCUT2D eigenvalue weighted by molar-refractivity contribution is -0.131. The Balaban J connectivity index is 1.50. The molecule has 164 valence electrons. The van der Waals surface area contributed by atoms with Gasteiger partial charge in [0.25, 0.3) is 0 Å². The summed E-state index contributed by atoms with van der Waals surface area (Å²) >= 11 is 0. The number of carbonyl (C=O) groups excluding carboxylic acids is 3. The molecule has 0 aliphatic carbocycles. The van der Waals surface area contributed by atoms with Crippen molar-refractivity contribution in [3.63, 3.8) is 0 Å². The summed E-state index contributed by atoms with van der Waals surface area (Å²) in [5, 5.41) is 5.52. The number of nitrogens with one attached hydrogen (secondary N) is 2. The Labute approximate surface area is 181 Å². The van der Waals surface area contributed by atoms with E-state index in [2.05, 4.69) is 10.6 Å². The van der Waals surface area contributed by atoms with E-state index in [1.54, 1.807) is 50.3 Å². The summed E-state index contributed by atoms with van der Waals surface area (Å²) in [5.74, 6) is 0.204. The van der Waals surface area contributed by atoms with Crippen LogP contribution in [0.2, 0.25) is 0 Å². The standard InChI is InChI=1S/C23H27N3O5/c1-15(22(28)24-13-16-4-8-19(30-2)9-5-16)25-23(29)17-12-21(27)26(14-17)18-6-10-20(31-3)11-7-18/h4-11,15,17H,12-14H2,1-3H3,(H,24,28)(H,25,29)/t15-,17?/m0/s1. The predicted molar refractivity (Wildman–Crippen MR) is 116 cm³/mol. The van der Waals surface area contributed by atoms with Crippen molar-refractivity contribution < 1.29 is 23.9 Å². The number of benzene rings is 2. The van der Waals surface area contributed by atoms with Crippen LogP contribution in [0.15, 0.2) is 48.5 Å². The number of amides is 3. The Hall–Kier alpha value is -3.55. The number of rotatable bonds is 8. The third-order valence-electron chi connectivity index (χ3n) is 5.26. The molecule has 1 saturated heterocycles. The van der Waals surface area contributed by atoms with Crippen LogP contribution in [-0.4, -0.2) is 44.5 Å². The molecule has 3 rings (SSSR count). The van der Waals surface area contributed by atoms with Gasteiger partial charge in [-0.15, -0.1) is 0 Å². The van der Waals surface area contributed by atoms with Crippen LogP contribution in [0.3, 0.4) is 0 Å². The van der Waals surface area contributed by atoms with E-state index >= 15 is 0 Å². The Morgan fingerprint density at radius 3 is 2.19 bits per heavy atom. The summed E-state index contributed by atoms with van der Waals surface area (Å²) in [6.45, 7) is 2.24. The molecule has 0 radical (unpaired) electrons. The van der Waals surface area contributed by atoms with Gasteiger partial charge in [0.2, 0.25) is 17.7 Å². The minimum absolute atomic E-state index is 0.109. The fourth-order valence-electron chi connectivity index (χ4n) is 3.38. The molecule has 0 aromatic heterocycles. The number of carbonyl (C=O) groups is 3. The summed E-state index contributed by atoms with van der Waals surface area (Å²) in [6, 6.07) is 13.8. The van der Waals surface area contributed by atoms with E-state index in [4.69, 9.17) is 9.47 Å². The number of hydrogen-bond acceptors (Lipinski definition) is 5. The number of ether oxygens (including phenoxy) is 2. The van der Waals surface area contributed by atoms with Crippen LogP contribution in [0.1, 0.15) is 18.9 Å². The van der Waals surface area contributed by atoms with E-state index in [0.717, 1.165) is 11.3 Å². The van der Waals surface area contributed by atoms with E-state index in [1.165, 1.54) is 0 Å². The second kappa shape index (κ2) is 9.97. The fraction of sp³-hybridized carbons (Fsp3) is 0.348.